The molecule has 1 atom stereocenters. The second kappa shape index (κ2) is 6.83. The molecule has 0 aromatic rings. The van der Waals surface area contributed by atoms with E-state index in [0.29, 0.717) is 6.42 Å². The molecule has 0 saturated heterocycles. The van der Waals surface area contributed by atoms with Gasteiger partial charge in [0, 0.05) is 21.1 Å². The minimum absolute atomic E-state index is 0.0216. The predicted octanol–water partition coefficient (Wildman–Crippen LogP) is 0.473. The normalized spacial score (nSPS) is 11.4. The lowest BCUT2D eigenvalue weighted by Gasteiger charge is -2.21. The molecule has 0 aliphatic carbocycles. The van der Waals surface area contributed by atoms with Crippen molar-refractivity contribution in [3.8, 4) is 6.07 Å². The molecule has 0 spiro atoms. The summed E-state index contributed by atoms with van der Waals surface area (Å²) < 4.78 is 0. The van der Waals surface area contributed by atoms with Crippen LogP contribution in [-0.4, -0.2) is 49.3 Å². The van der Waals surface area contributed by atoms with Crippen molar-refractivity contribution < 1.29 is 9.59 Å². The number of nitriles is 1. The molecule has 0 aliphatic rings. The summed E-state index contributed by atoms with van der Waals surface area (Å²) in [6.45, 7) is 1.94. The maximum Gasteiger partial charge on any atom is 0.241 e. The highest BCUT2D eigenvalue weighted by Gasteiger charge is 2.22. The highest BCUT2D eigenvalue weighted by molar-refractivity contribution is 5.86. The van der Waals surface area contributed by atoms with E-state index < -0.39 is 5.92 Å². The molecular formula is C11H19N3O2. The largest absolute Gasteiger partial charge is 0.347 e. The third kappa shape index (κ3) is 4.30. The summed E-state index contributed by atoms with van der Waals surface area (Å²) in [6.07, 6.45) is 1.31. The van der Waals surface area contributed by atoms with Gasteiger partial charge in [-0.1, -0.05) is 13.3 Å². The quantitative estimate of drug-likeness (QED) is 0.683. The molecule has 90 valence electrons. The maximum absolute atomic E-state index is 11.8. The van der Waals surface area contributed by atoms with Crippen molar-refractivity contribution in [3.63, 3.8) is 0 Å². The summed E-state index contributed by atoms with van der Waals surface area (Å²) >= 11 is 0. The number of rotatable bonds is 5. The topological polar surface area (TPSA) is 64.4 Å². The van der Waals surface area contributed by atoms with Crippen molar-refractivity contribution in [3.05, 3.63) is 0 Å². The first-order valence-corrected chi connectivity index (χ1v) is 5.28. The van der Waals surface area contributed by atoms with E-state index in [1.54, 1.807) is 21.1 Å². The molecule has 1 unspecified atom stereocenters. The zero-order valence-electron chi connectivity index (χ0n) is 10.4. The molecule has 2 amide bonds. The monoisotopic (exact) mass is 225 g/mol. The number of carbonyl (C=O) groups is 2. The summed E-state index contributed by atoms with van der Waals surface area (Å²) in [5.41, 5.74) is 0. The van der Waals surface area contributed by atoms with Crippen molar-refractivity contribution >= 4 is 11.8 Å². The Balaban J connectivity index is 4.38. The smallest absolute Gasteiger partial charge is 0.241 e. The lowest BCUT2D eigenvalue weighted by molar-refractivity contribution is -0.139. The fourth-order valence-electron chi connectivity index (χ4n) is 1.22. The minimum atomic E-state index is -0.634. The maximum atomic E-state index is 11.8. The first-order chi connectivity index (χ1) is 7.43. The standard InChI is InChI=1S/C11H19N3O2/c1-5-6-9(7-12)11(16)14(4)8-10(15)13(2)3/h9H,5-6,8H2,1-4H3. The molecule has 0 fully saturated rings. The first kappa shape index (κ1) is 14.4. The number of carbonyl (C=O) groups excluding carboxylic acids is 2. The van der Waals surface area contributed by atoms with Crippen LogP contribution in [0.5, 0.6) is 0 Å². The van der Waals surface area contributed by atoms with Crippen LogP contribution in [0.15, 0.2) is 0 Å². The Morgan fingerprint density at radius 1 is 1.31 bits per heavy atom. The van der Waals surface area contributed by atoms with Crippen molar-refractivity contribution in [1.82, 2.24) is 9.80 Å². The zero-order valence-corrected chi connectivity index (χ0v) is 10.4. The van der Waals surface area contributed by atoms with Gasteiger partial charge in [0.1, 0.15) is 5.92 Å². The van der Waals surface area contributed by atoms with E-state index >= 15 is 0 Å². The summed E-state index contributed by atoms with van der Waals surface area (Å²) in [5.74, 6) is -1.06. The van der Waals surface area contributed by atoms with Crippen LogP contribution in [0.4, 0.5) is 0 Å². The highest BCUT2D eigenvalue weighted by Crippen LogP contribution is 2.08. The fourth-order valence-corrected chi connectivity index (χ4v) is 1.22. The minimum Gasteiger partial charge on any atom is -0.347 e. The molecule has 0 aromatic heterocycles. The number of likely N-dealkylation sites (N-methyl/N-ethyl adjacent to an activating group) is 2. The molecule has 0 rings (SSSR count). The molecule has 0 N–H and O–H groups in total. The van der Waals surface area contributed by atoms with Gasteiger partial charge in [0.05, 0.1) is 12.6 Å². The van der Waals surface area contributed by atoms with Gasteiger partial charge in [0.15, 0.2) is 0 Å². The molecular weight excluding hydrogens is 206 g/mol. The molecule has 0 radical (unpaired) electrons. The molecule has 5 heteroatoms. The van der Waals surface area contributed by atoms with Gasteiger partial charge in [0.2, 0.25) is 11.8 Å². The van der Waals surface area contributed by atoms with Crippen LogP contribution in [0.2, 0.25) is 0 Å². The van der Waals surface area contributed by atoms with E-state index in [-0.39, 0.29) is 18.4 Å². The lowest BCUT2D eigenvalue weighted by atomic mass is 10.0. The van der Waals surface area contributed by atoms with E-state index in [1.807, 2.05) is 13.0 Å². The van der Waals surface area contributed by atoms with Crippen LogP contribution in [0, 0.1) is 17.2 Å². The summed E-state index contributed by atoms with van der Waals surface area (Å²) in [7, 11) is 4.81. The average molecular weight is 225 g/mol. The molecule has 0 heterocycles. The Morgan fingerprint density at radius 3 is 2.25 bits per heavy atom. The predicted molar refractivity (Wildman–Crippen MR) is 60.3 cm³/mol. The van der Waals surface area contributed by atoms with Crippen molar-refractivity contribution in [2.75, 3.05) is 27.7 Å². The first-order valence-electron chi connectivity index (χ1n) is 5.28. The van der Waals surface area contributed by atoms with Gasteiger partial charge >= 0.3 is 0 Å². The van der Waals surface area contributed by atoms with E-state index in [9.17, 15) is 9.59 Å². The van der Waals surface area contributed by atoms with Gasteiger partial charge in [-0.2, -0.15) is 5.26 Å². The number of amides is 2. The van der Waals surface area contributed by atoms with Gasteiger partial charge in [-0.05, 0) is 6.42 Å². The SMILES string of the molecule is CCCC(C#N)C(=O)N(C)CC(=O)N(C)C. The van der Waals surface area contributed by atoms with Crippen LogP contribution < -0.4 is 0 Å². The van der Waals surface area contributed by atoms with E-state index in [1.165, 1.54) is 9.80 Å². The molecule has 0 aromatic carbocycles. The van der Waals surface area contributed by atoms with Crippen molar-refractivity contribution in [2.45, 2.75) is 19.8 Å². The third-order valence-corrected chi connectivity index (χ3v) is 2.28. The Hall–Kier alpha value is -1.57. The van der Waals surface area contributed by atoms with Gasteiger partial charge in [-0.3, -0.25) is 9.59 Å². The number of nitrogens with zero attached hydrogens (tertiary/aromatic N) is 3. The number of hydrogen-bond donors (Lipinski definition) is 0. The lowest BCUT2D eigenvalue weighted by Crippen LogP contribution is -2.40. The van der Waals surface area contributed by atoms with Gasteiger partial charge in [-0.15, -0.1) is 0 Å². The van der Waals surface area contributed by atoms with Crippen LogP contribution in [-0.2, 0) is 9.59 Å². The van der Waals surface area contributed by atoms with Gasteiger partial charge in [-0.25, -0.2) is 0 Å². The zero-order chi connectivity index (χ0) is 12.7. The molecule has 0 bridgehead atoms. The Labute approximate surface area is 96.6 Å². The van der Waals surface area contributed by atoms with E-state index in [2.05, 4.69) is 0 Å². The van der Waals surface area contributed by atoms with Crippen molar-refractivity contribution in [1.29, 1.82) is 5.26 Å². The Kier molecular flexibility index (Phi) is 6.16. The van der Waals surface area contributed by atoms with Crippen LogP contribution in [0.3, 0.4) is 0 Å². The second-order valence-electron chi connectivity index (χ2n) is 3.95. The average Bonchev–Trinajstić information content (AvgIpc) is 2.24. The fraction of sp³-hybridized carbons (Fsp3) is 0.727. The molecule has 5 nitrogen and oxygen atoms in total. The molecule has 16 heavy (non-hydrogen) atoms. The van der Waals surface area contributed by atoms with Crippen LogP contribution in [0.1, 0.15) is 19.8 Å². The second-order valence-corrected chi connectivity index (χ2v) is 3.95. The van der Waals surface area contributed by atoms with Gasteiger partial charge in [0.25, 0.3) is 0 Å². The Bertz CT molecular complexity index is 294. The molecule has 0 aliphatic heterocycles. The van der Waals surface area contributed by atoms with Crippen LogP contribution in [0.25, 0.3) is 0 Å². The Morgan fingerprint density at radius 2 is 1.88 bits per heavy atom. The van der Waals surface area contributed by atoms with Crippen LogP contribution >= 0.6 is 0 Å². The van der Waals surface area contributed by atoms with Crippen molar-refractivity contribution in [2.24, 2.45) is 5.92 Å². The summed E-state index contributed by atoms with van der Waals surface area (Å²) in [4.78, 5) is 25.9. The summed E-state index contributed by atoms with van der Waals surface area (Å²) in [6, 6.07) is 1.97. The van der Waals surface area contributed by atoms with Gasteiger partial charge < -0.3 is 9.80 Å². The number of hydrogen-bond acceptors (Lipinski definition) is 3. The highest BCUT2D eigenvalue weighted by atomic mass is 16.2. The third-order valence-electron chi connectivity index (χ3n) is 2.28. The van der Waals surface area contributed by atoms with E-state index in [0.717, 1.165) is 6.42 Å². The van der Waals surface area contributed by atoms with E-state index in [4.69, 9.17) is 5.26 Å². The summed E-state index contributed by atoms with van der Waals surface area (Å²) in [5, 5.41) is 8.83. The molecule has 0 saturated carbocycles.